The third-order valence-electron chi connectivity index (χ3n) is 2.30. The summed E-state index contributed by atoms with van der Waals surface area (Å²) in [6.45, 7) is 1.26. The second-order valence-corrected chi connectivity index (χ2v) is 3.27. The van der Waals surface area contributed by atoms with Crippen molar-refractivity contribution in [2.75, 3.05) is 13.2 Å². The first-order chi connectivity index (χ1) is 7.27. The van der Waals surface area contributed by atoms with Crippen LogP contribution in [0.3, 0.4) is 0 Å². The van der Waals surface area contributed by atoms with Crippen LogP contribution in [0, 0.1) is 0 Å². The topological polar surface area (TPSA) is 62.2 Å². The summed E-state index contributed by atoms with van der Waals surface area (Å²) in [7, 11) is 0. The Kier molecular flexibility index (Phi) is 4.75. The number of carbonyl (C=O) groups is 1. The zero-order chi connectivity index (χ0) is 10.7. The molecule has 16 heavy (non-hydrogen) atoms. The summed E-state index contributed by atoms with van der Waals surface area (Å²) in [5.41, 5.74) is 1.96. The quantitative estimate of drug-likeness (QED) is 0.498. The number of carboxylic acid groups (broad SMARTS) is 1. The standard InChI is InChI=1S/C11H11NO3.Li/c13-11(14)10-7-9(1-4-12-10)8-2-5-15-6-3-8;/h1-2,4,7H,3,5-6H2,(H,13,14);/q;+1/p-1. The van der Waals surface area contributed by atoms with Gasteiger partial charge in [0.25, 0.3) is 0 Å². The average Bonchev–Trinajstić information content (AvgIpc) is 2.30. The number of hydrogen-bond donors (Lipinski definition) is 0. The molecule has 0 amide bonds. The fourth-order valence-corrected chi connectivity index (χ4v) is 1.53. The number of rotatable bonds is 2. The number of carboxylic acids is 1. The number of carbonyl (C=O) groups excluding carboxylic acids is 1. The van der Waals surface area contributed by atoms with E-state index in [2.05, 4.69) is 4.98 Å². The van der Waals surface area contributed by atoms with Crippen molar-refractivity contribution < 1.29 is 33.5 Å². The number of hydrogen-bond acceptors (Lipinski definition) is 4. The third kappa shape index (κ3) is 2.95. The average molecular weight is 211 g/mol. The molecule has 1 aliphatic heterocycles. The second-order valence-electron chi connectivity index (χ2n) is 3.27. The molecule has 5 heteroatoms. The van der Waals surface area contributed by atoms with Crippen molar-refractivity contribution in [2.24, 2.45) is 0 Å². The van der Waals surface area contributed by atoms with Crippen LogP contribution in [0.15, 0.2) is 24.4 Å². The van der Waals surface area contributed by atoms with Crippen LogP contribution in [0.4, 0.5) is 0 Å². The van der Waals surface area contributed by atoms with Crippen LogP contribution in [0.5, 0.6) is 0 Å². The van der Waals surface area contributed by atoms with Gasteiger partial charge in [0.1, 0.15) is 0 Å². The van der Waals surface area contributed by atoms with Crippen LogP contribution in [0.2, 0.25) is 0 Å². The summed E-state index contributed by atoms with van der Waals surface area (Å²) in [6.07, 6.45) is 4.24. The predicted octanol–water partition coefficient (Wildman–Crippen LogP) is -2.75. The van der Waals surface area contributed by atoms with Crippen molar-refractivity contribution in [1.82, 2.24) is 4.98 Å². The van der Waals surface area contributed by atoms with E-state index in [0.29, 0.717) is 13.2 Å². The molecule has 1 aliphatic rings. The van der Waals surface area contributed by atoms with Crippen molar-refractivity contribution in [3.63, 3.8) is 0 Å². The molecule has 0 N–H and O–H groups in total. The molecule has 2 heterocycles. The number of ether oxygens (including phenoxy) is 1. The first kappa shape index (κ1) is 13.0. The molecule has 0 atom stereocenters. The van der Waals surface area contributed by atoms with E-state index in [1.807, 2.05) is 6.08 Å². The largest absolute Gasteiger partial charge is 1.00 e. The summed E-state index contributed by atoms with van der Waals surface area (Å²) < 4.78 is 5.18. The Morgan fingerprint density at radius 1 is 1.50 bits per heavy atom. The van der Waals surface area contributed by atoms with Gasteiger partial charge in [0.15, 0.2) is 0 Å². The molecule has 0 saturated carbocycles. The summed E-state index contributed by atoms with van der Waals surface area (Å²) >= 11 is 0. The summed E-state index contributed by atoms with van der Waals surface area (Å²) in [5, 5.41) is 10.6. The SMILES string of the molecule is O=C([O-])c1cc(C2=CCOCC2)ccn1.[Li+]. The normalized spacial score (nSPS) is 14.9. The zero-order valence-electron chi connectivity index (χ0n) is 9.10. The van der Waals surface area contributed by atoms with E-state index in [4.69, 9.17) is 4.74 Å². The summed E-state index contributed by atoms with van der Waals surface area (Å²) in [5.74, 6) is -1.25. The van der Waals surface area contributed by atoms with Crippen molar-refractivity contribution in [1.29, 1.82) is 0 Å². The second kappa shape index (κ2) is 5.85. The van der Waals surface area contributed by atoms with Crippen LogP contribution >= 0.6 is 0 Å². The maximum atomic E-state index is 10.6. The molecule has 0 radical (unpaired) electrons. The Balaban J connectivity index is 0.00000128. The third-order valence-corrected chi connectivity index (χ3v) is 2.30. The van der Waals surface area contributed by atoms with Crippen LogP contribution in [-0.2, 0) is 4.74 Å². The van der Waals surface area contributed by atoms with E-state index < -0.39 is 5.97 Å². The van der Waals surface area contributed by atoms with E-state index in [9.17, 15) is 9.90 Å². The van der Waals surface area contributed by atoms with Gasteiger partial charge >= 0.3 is 18.9 Å². The summed E-state index contributed by atoms with van der Waals surface area (Å²) in [4.78, 5) is 14.3. The van der Waals surface area contributed by atoms with Crippen LogP contribution in [-0.4, -0.2) is 24.2 Å². The minimum absolute atomic E-state index is 0. The van der Waals surface area contributed by atoms with Gasteiger partial charge < -0.3 is 14.6 Å². The Morgan fingerprint density at radius 2 is 2.31 bits per heavy atom. The van der Waals surface area contributed by atoms with E-state index in [1.54, 1.807) is 6.07 Å². The number of nitrogens with zero attached hydrogens (tertiary/aromatic N) is 1. The van der Waals surface area contributed by atoms with E-state index in [0.717, 1.165) is 17.6 Å². The molecular formula is C11H10LiNO3. The zero-order valence-corrected chi connectivity index (χ0v) is 9.10. The molecule has 1 aromatic rings. The molecule has 78 valence electrons. The van der Waals surface area contributed by atoms with Gasteiger partial charge in [0.05, 0.1) is 24.9 Å². The molecule has 4 nitrogen and oxygen atoms in total. The Morgan fingerprint density at radius 3 is 2.94 bits per heavy atom. The van der Waals surface area contributed by atoms with Gasteiger partial charge in [0.2, 0.25) is 0 Å². The van der Waals surface area contributed by atoms with Crippen molar-refractivity contribution in [3.8, 4) is 0 Å². The van der Waals surface area contributed by atoms with Gasteiger partial charge in [-0.05, 0) is 29.7 Å². The minimum atomic E-state index is -1.25. The molecule has 0 fully saturated rings. The number of aromatic carboxylic acids is 1. The first-order valence-corrected chi connectivity index (χ1v) is 4.72. The predicted molar refractivity (Wildman–Crippen MR) is 52.0 cm³/mol. The van der Waals surface area contributed by atoms with Crippen LogP contribution in [0.1, 0.15) is 22.5 Å². The van der Waals surface area contributed by atoms with Gasteiger partial charge in [-0.1, -0.05) is 6.08 Å². The minimum Gasteiger partial charge on any atom is -0.543 e. The Labute approximate surface area is 106 Å². The maximum Gasteiger partial charge on any atom is 1.00 e. The summed E-state index contributed by atoms with van der Waals surface area (Å²) in [6, 6.07) is 3.33. The van der Waals surface area contributed by atoms with Gasteiger partial charge in [-0.15, -0.1) is 0 Å². The monoisotopic (exact) mass is 211 g/mol. The van der Waals surface area contributed by atoms with Crippen LogP contribution < -0.4 is 24.0 Å². The van der Waals surface area contributed by atoms with E-state index >= 15 is 0 Å². The fourth-order valence-electron chi connectivity index (χ4n) is 1.53. The molecule has 0 spiro atoms. The molecule has 0 aromatic carbocycles. The number of pyridine rings is 1. The fraction of sp³-hybridized carbons (Fsp3) is 0.273. The van der Waals surface area contributed by atoms with Crippen molar-refractivity contribution >= 4 is 11.5 Å². The van der Waals surface area contributed by atoms with Gasteiger partial charge in [-0.3, -0.25) is 4.98 Å². The van der Waals surface area contributed by atoms with Gasteiger partial charge in [-0.25, -0.2) is 0 Å². The van der Waals surface area contributed by atoms with Gasteiger partial charge in [0, 0.05) is 6.20 Å². The molecule has 0 unspecified atom stereocenters. The molecule has 0 saturated heterocycles. The molecule has 1 aromatic heterocycles. The Hall–Kier alpha value is -1.08. The van der Waals surface area contributed by atoms with Crippen molar-refractivity contribution in [3.05, 3.63) is 35.7 Å². The van der Waals surface area contributed by atoms with Crippen molar-refractivity contribution in [2.45, 2.75) is 6.42 Å². The van der Waals surface area contributed by atoms with E-state index in [1.165, 1.54) is 12.3 Å². The molecule has 0 bridgehead atoms. The Bertz CT molecular complexity index is 417. The smallest absolute Gasteiger partial charge is 0.543 e. The molecular weight excluding hydrogens is 201 g/mol. The molecule has 0 aliphatic carbocycles. The van der Waals surface area contributed by atoms with Crippen LogP contribution in [0.25, 0.3) is 5.57 Å². The van der Waals surface area contributed by atoms with Gasteiger partial charge in [-0.2, -0.15) is 0 Å². The number of aromatic nitrogens is 1. The maximum absolute atomic E-state index is 10.6. The first-order valence-electron chi connectivity index (χ1n) is 4.72. The van der Waals surface area contributed by atoms with E-state index in [-0.39, 0.29) is 24.6 Å². The molecule has 2 rings (SSSR count).